The van der Waals surface area contributed by atoms with Gasteiger partial charge in [-0.3, -0.25) is 4.79 Å². The molecule has 13 heteroatoms. The zero-order chi connectivity index (χ0) is 26.8. The highest BCUT2D eigenvalue weighted by Crippen LogP contribution is 2.18. The van der Waals surface area contributed by atoms with E-state index in [1.807, 2.05) is 0 Å². The fourth-order valence-corrected chi connectivity index (χ4v) is 2.66. The normalized spacial score (nSPS) is 13.9. The predicted octanol–water partition coefficient (Wildman–Crippen LogP) is 3.07. The van der Waals surface area contributed by atoms with Gasteiger partial charge in [-0.1, -0.05) is 30.3 Å². The molecule has 198 valence electrons. The summed E-state index contributed by atoms with van der Waals surface area (Å²) < 4.78 is 68.5. The number of amides is 2. The molecule has 1 aromatic carbocycles. The van der Waals surface area contributed by atoms with Gasteiger partial charge in [0.05, 0.1) is 20.7 Å². The van der Waals surface area contributed by atoms with Crippen LogP contribution >= 0.6 is 0 Å². The first-order valence-electron chi connectivity index (χ1n) is 10.5. The lowest BCUT2D eigenvalue weighted by molar-refractivity contribution is -0.836. The number of carbonyl (C=O) groups excluding carboxylic acids is 3. The van der Waals surface area contributed by atoms with Crippen molar-refractivity contribution < 1.29 is 55.4 Å². The van der Waals surface area contributed by atoms with E-state index in [1.54, 1.807) is 51.1 Å². The maximum absolute atomic E-state index is 13.0. The van der Waals surface area contributed by atoms with Crippen molar-refractivity contribution in [3.63, 3.8) is 0 Å². The average Bonchev–Trinajstić information content (AvgIpc) is 2.74. The number of quaternary nitrogens is 1. The molecule has 0 aliphatic carbocycles. The van der Waals surface area contributed by atoms with Crippen LogP contribution in [0.4, 0.5) is 22.4 Å². The van der Waals surface area contributed by atoms with E-state index in [2.05, 4.69) is 14.8 Å². The van der Waals surface area contributed by atoms with Gasteiger partial charge in [-0.05, 0) is 26.3 Å². The number of rotatable bonds is 12. The molecule has 2 amide bonds. The molecule has 0 fully saturated rings. The largest absolute Gasteiger partial charge is 0.516 e. The van der Waals surface area contributed by atoms with E-state index in [0.717, 1.165) is 0 Å². The number of esters is 1. The molecule has 35 heavy (non-hydrogen) atoms. The Labute approximate surface area is 200 Å². The van der Waals surface area contributed by atoms with Gasteiger partial charge in [-0.15, -0.1) is 0 Å². The first kappa shape index (κ1) is 30.3. The summed E-state index contributed by atoms with van der Waals surface area (Å²) in [6.45, 7) is -3.97. The van der Waals surface area contributed by atoms with Gasteiger partial charge in [0.25, 0.3) is 5.91 Å². The fourth-order valence-electron chi connectivity index (χ4n) is 2.66. The highest BCUT2D eigenvalue weighted by Gasteiger charge is 2.46. The number of hydrogen-bond acceptors (Lipinski definition) is 7. The summed E-state index contributed by atoms with van der Waals surface area (Å²) in [7, 11) is 2.43. The number of alkyl halides is 4. The Hall–Kier alpha value is -2.77. The van der Waals surface area contributed by atoms with Gasteiger partial charge < -0.3 is 24.3 Å². The first-order chi connectivity index (χ1) is 16.1. The molecule has 1 rings (SSSR count). The Balaban J connectivity index is 3.08. The van der Waals surface area contributed by atoms with Gasteiger partial charge >= 0.3 is 25.3 Å². The number of hydrogen-bond donors (Lipinski definition) is 1. The van der Waals surface area contributed by atoms with Crippen LogP contribution in [0.3, 0.4) is 0 Å². The van der Waals surface area contributed by atoms with Gasteiger partial charge in [-0.25, -0.2) is 9.28 Å². The second kappa shape index (κ2) is 13.4. The zero-order valence-corrected chi connectivity index (χ0v) is 20.1. The minimum Gasteiger partial charge on any atom is -0.459 e. The fraction of sp³-hybridized carbons (Fsp3) is 0.591. The number of ether oxygens (including phenoxy) is 4. The summed E-state index contributed by atoms with van der Waals surface area (Å²) in [6, 6.07) is 5.03. The van der Waals surface area contributed by atoms with E-state index in [1.165, 1.54) is 14.1 Å². The minimum atomic E-state index is -3.27. The van der Waals surface area contributed by atoms with Gasteiger partial charge in [0.15, 0.2) is 6.04 Å². The minimum absolute atomic E-state index is 0.224. The molecule has 0 saturated carbocycles. The summed E-state index contributed by atoms with van der Waals surface area (Å²) >= 11 is 0. The monoisotopic (exact) mass is 511 g/mol. The predicted molar refractivity (Wildman–Crippen MR) is 114 cm³/mol. The molecule has 2 atom stereocenters. The summed E-state index contributed by atoms with van der Waals surface area (Å²) in [6.07, 6.45) is -0.956. The van der Waals surface area contributed by atoms with Crippen LogP contribution in [0.1, 0.15) is 26.3 Å². The quantitative estimate of drug-likeness (QED) is 0.262. The molecule has 9 nitrogen and oxygen atoms in total. The molecule has 0 radical (unpaired) electrons. The molecular weight excluding hydrogens is 480 g/mol. The summed E-state index contributed by atoms with van der Waals surface area (Å²) in [5.41, 5.74) is -0.377. The van der Waals surface area contributed by atoms with Crippen molar-refractivity contribution in [3.8, 4) is 0 Å². The number of nitrogens with zero attached hydrogens (tertiary/aromatic N) is 1. The van der Waals surface area contributed by atoms with Crippen molar-refractivity contribution in [2.24, 2.45) is 0 Å². The van der Waals surface area contributed by atoms with Crippen LogP contribution in [0.25, 0.3) is 0 Å². The lowest BCUT2D eigenvalue weighted by Gasteiger charge is -2.35. The third-order valence-electron chi connectivity index (χ3n) is 4.54. The van der Waals surface area contributed by atoms with Crippen molar-refractivity contribution in [2.75, 3.05) is 27.3 Å². The maximum atomic E-state index is 13.0. The van der Waals surface area contributed by atoms with Crippen LogP contribution in [0, 0.1) is 0 Å². The number of nitrogens with one attached hydrogen (secondary N) is 1. The van der Waals surface area contributed by atoms with E-state index in [4.69, 9.17) is 9.47 Å². The van der Waals surface area contributed by atoms with Crippen LogP contribution in [-0.4, -0.2) is 80.7 Å². The number of carbonyl (C=O) groups is 3. The van der Waals surface area contributed by atoms with Crippen LogP contribution < -0.4 is 5.32 Å². The molecule has 0 aromatic heterocycles. The van der Waals surface area contributed by atoms with Crippen molar-refractivity contribution in [1.82, 2.24) is 5.32 Å². The van der Waals surface area contributed by atoms with Gasteiger partial charge in [0.2, 0.25) is 6.04 Å². The van der Waals surface area contributed by atoms with Gasteiger partial charge in [0, 0.05) is 0 Å². The second-order valence-corrected chi connectivity index (χ2v) is 8.88. The van der Waals surface area contributed by atoms with E-state index >= 15 is 0 Å². The standard InChI is InChI=1S/C22H30F4N2O7/c1-22(2,3)35-21(31)28(4,5)16(13-34-20(25)26)17(29)27-15(12-33-19(23)24)18(30)32-11-14-9-7-6-8-10-14/h6-10,15-16,19-20H,11-13H2,1-5H3/p+1. The van der Waals surface area contributed by atoms with E-state index in [-0.39, 0.29) is 6.61 Å². The SMILES string of the molecule is CC(C)(C)OC(=O)[N+](C)(C)C(COC(F)F)C(=O)NC(COC(F)F)C(=O)OCc1ccccc1. The summed E-state index contributed by atoms with van der Waals surface area (Å²) in [4.78, 5) is 38.2. The average molecular weight is 511 g/mol. The second-order valence-electron chi connectivity index (χ2n) is 8.88. The van der Waals surface area contributed by atoms with Crippen molar-refractivity contribution in [1.29, 1.82) is 0 Å². The molecular formula is C22H31F4N2O7+. The van der Waals surface area contributed by atoms with E-state index in [0.29, 0.717) is 5.56 Å². The molecule has 1 aromatic rings. The Morgan fingerprint density at radius 1 is 0.943 bits per heavy atom. The van der Waals surface area contributed by atoms with Gasteiger partial charge in [0.1, 0.15) is 18.8 Å². The summed E-state index contributed by atoms with van der Waals surface area (Å²) in [5.74, 6) is -2.24. The van der Waals surface area contributed by atoms with E-state index in [9.17, 15) is 31.9 Å². The van der Waals surface area contributed by atoms with Crippen molar-refractivity contribution >= 4 is 18.0 Å². The smallest absolute Gasteiger partial charge is 0.459 e. The maximum Gasteiger partial charge on any atom is 0.516 e. The molecule has 0 heterocycles. The lowest BCUT2D eigenvalue weighted by Crippen LogP contribution is -2.64. The Morgan fingerprint density at radius 3 is 2.00 bits per heavy atom. The third kappa shape index (κ3) is 11.0. The lowest BCUT2D eigenvalue weighted by atomic mass is 10.2. The van der Waals surface area contributed by atoms with Gasteiger partial charge in [-0.2, -0.15) is 22.4 Å². The number of halogens is 4. The Kier molecular flexibility index (Phi) is 11.5. The molecule has 0 spiro atoms. The third-order valence-corrected chi connectivity index (χ3v) is 4.54. The first-order valence-corrected chi connectivity index (χ1v) is 10.5. The number of benzene rings is 1. The van der Waals surface area contributed by atoms with Crippen LogP contribution in [0.5, 0.6) is 0 Å². The van der Waals surface area contributed by atoms with E-state index < -0.39 is 66.6 Å². The van der Waals surface area contributed by atoms with Crippen LogP contribution in [0.15, 0.2) is 30.3 Å². The molecule has 0 saturated heterocycles. The summed E-state index contributed by atoms with van der Waals surface area (Å²) in [5, 5.41) is 2.14. The van der Waals surface area contributed by atoms with Crippen molar-refractivity contribution in [2.45, 2.75) is 58.3 Å². The topological polar surface area (TPSA) is 100 Å². The van der Waals surface area contributed by atoms with Crippen molar-refractivity contribution in [3.05, 3.63) is 35.9 Å². The van der Waals surface area contributed by atoms with Crippen LogP contribution in [0.2, 0.25) is 0 Å². The molecule has 2 unspecified atom stereocenters. The van der Waals surface area contributed by atoms with Crippen LogP contribution in [-0.2, 0) is 35.1 Å². The Bertz CT molecular complexity index is 833. The molecule has 0 bridgehead atoms. The molecule has 0 aliphatic heterocycles. The molecule has 0 aliphatic rings. The highest BCUT2D eigenvalue weighted by atomic mass is 19.3. The highest BCUT2D eigenvalue weighted by molar-refractivity contribution is 5.88. The Morgan fingerprint density at radius 2 is 1.49 bits per heavy atom. The number of likely N-dealkylation sites (N-methyl/N-ethyl adjacent to an activating group) is 1. The zero-order valence-electron chi connectivity index (χ0n) is 20.1. The molecule has 1 N–H and O–H groups in total.